The molecular formula is C17H27FN8O4S2. The minimum absolute atomic E-state index is 0.0101. The van der Waals surface area contributed by atoms with E-state index in [0.717, 1.165) is 6.07 Å². The van der Waals surface area contributed by atoms with Gasteiger partial charge in [-0.25, -0.2) is 36.1 Å². The summed E-state index contributed by atoms with van der Waals surface area (Å²) < 4.78 is 68.2. The van der Waals surface area contributed by atoms with E-state index in [-0.39, 0.29) is 49.3 Å². The first kappa shape index (κ1) is 24.6. The van der Waals surface area contributed by atoms with Crippen molar-refractivity contribution in [3.8, 4) is 0 Å². The Morgan fingerprint density at radius 2 is 2.00 bits per heavy atom. The zero-order valence-electron chi connectivity index (χ0n) is 17.5. The maximum atomic E-state index is 14.6. The lowest BCUT2D eigenvalue weighted by molar-refractivity contribution is 0.202. The molecular weight excluding hydrogens is 463 g/mol. The average molecular weight is 491 g/mol. The predicted octanol–water partition coefficient (Wildman–Crippen LogP) is -0.747. The highest BCUT2D eigenvalue weighted by Gasteiger charge is 2.36. The van der Waals surface area contributed by atoms with Crippen LogP contribution in [0.1, 0.15) is 18.9 Å². The van der Waals surface area contributed by atoms with Crippen LogP contribution in [0.2, 0.25) is 0 Å². The number of hydrogen-bond donors (Lipinski definition) is 4. The van der Waals surface area contributed by atoms with Crippen LogP contribution in [0.4, 0.5) is 10.1 Å². The Kier molecular flexibility index (Phi) is 7.26. The molecule has 0 aliphatic carbocycles. The van der Waals surface area contributed by atoms with Gasteiger partial charge in [0.2, 0.25) is 20.0 Å². The molecule has 2 aliphatic heterocycles. The molecule has 0 spiro atoms. The predicted molar refractivity (Wildman–Crippen MR) is 117 cm³/mol. The minimum Gasteiger partial charge on any atom is -0.368 e. The van der Waals surface area contributed by atoms with Gasteiger partial charge in [0.25, 0.3) is 0 Å². The number of piperidine rings is 1. The fraction of sp³-hybridized carbons (Fsp3) is 0.588. The van der Waals surface area contributed by atoms with Gasteiger partial charge in [-0.1, -0.05) is 0 Å². The molecule has 7 N–H and O–H groups in total. The van der Waals surface area contributed by atoms with Gasteiger partial charge in [0, 0.05) is 37.3 Å². The van der Waals surface area contributed by atoms with Gasteiger partial charge in [0.1, 0.15) is 16.0 Å². The molecule has 3 rings (SSSR count). The van der Waals surface area contributed by atoms with Gasteiger partial charge < -0.3 is 16.4 Å². The van der Waals surface area contributed by atoms with Crippen LogP contribution >= 0.6 is 0 Å². The molecule has 32 heavy (non-hydrogen) atoms. The number of rotatable bonds is 8. The Morgan fingerprint density at radius 3 is 2.53 bits per heavy atom. The third-order valence-electron chi connectivity index (χ3n) is 5.38. The second kappa shape index (κ2) is 9.44. The highest BCUT2D eigenvalue weighted by molar-refractivity contribution is 7.92. The van der Waals surface area contributed by atoms with Gasteiger partial charge in [0.05, 0.1) is 5.56 Å². The van der Waals surface area contributed by atoms with E-state index in [9.17, 15) is 21.2 Å². The molecule has 178 valence electrons. The molecule has 2 aliphatic rings. The van der Waals surface area contributed by atoms with Crippen LogP contribution in [-0.4, -0.2) is 67.7 Å². The molecule has 12 nitrogen and oxygen atoms in total. The number of azo groups is 1. The van der Waals surface area contributed by atoms with Crippen LogP contribution in [-0.2, 0) is 20.0 Å². The van der Waals surface area contributed by atoms with Gasteiger partial charge in [-0.2, -0.15) is 5.11 Å². The quantitative estimate of drug-likeness (QED) is 0.367. The Bertz CT molecular complexity index is 1140. The summed E-state index contributed by atoms with van der Waals surface area (Å²) in [4.78, 5) is 4.44. The van der Waals surface area contributed by atoms with Gasteiger partial charge in [-0.15, -0.1) is 5.11 Å². The van der Waals surface area contributed by atoms with E-state index in [0.29, 0.717) is 13.0 Å². The smallest absolute Gasteiger partial charge is 0.242 e. The number of hydrogen-bond acceptors (Lipinski definition) is 10. The molecule has 0 saturated carbocycles. The summed E-state index contributed by atoms with van der Waals surface area (Å²) in [7, 11) is -8.92. The van der Waals surface area contributed by atoms with E-state index < -0.39 is 42.1 Å². The fourth-order valence-corrected chi connectivity index (χ4v) is 6.55. The molecule has 15 heteroatoms. The van der Waals surface area contributed by atoms with Crippen molar-refractivity contribution >= 4 is 31.6 Å². The highest BCUT2D eigenvalue weighted by atomic mass is 32.2. The molecule has 0 radical (unpaired) electrons. The van der Waals surface area contributed by atoms with E-state index in [2.05, 4.69) is 19.9 Å². The van der Waals surface area contributed by atoms with Crippen LogP contribution in [0.25, 0.3) is 0 Å². The van der Waals surface area contributed by atoms with Crippen molar-refractivity contribution in [3.63, 3.8) is 0 Å². The normalized spacial score (nSPS) is 22.8. The summed E-state index contributed by atoms with van der Waals surface area (Å²) in [5, 5.41) is 13.1. The van der Waals surface area contributed by atoms with Crippen molar-refractivity contribution in [2.45, 2.75) is 35.3 Å². The summed E-state index contributed by atoms with van der Waals surface area (Å²) in [5.74, 6) is -0.415. The van der Waals surface area contributed by atoms with E-state index in [1.165, 1.54) is 13.0 Å². The topological polar surface area (TPSA) is 199 Å². The summed E-state index contributed by atoms with van der Waals surface area (Å²) in [6.07, 6.45) is -0.812. The Labute approximate surface area is 186 Å². The van der Waals surface area contributed by atoms with Gasteiger partial charge in [0.15, 0.2) is 12.5 Å². The van der Waals surface area contributed by atoms with Crippen LogP contribution in [0.15, 0.2) is 37.1 Å². The van der Waals surface area contributed by atoms with Gasteiger partial charge >= 0.3 is 0 Å². The summed E-state index contributed by atoms with van der Waals surface area (Å²) in [6, 6.07) is 1.86. The van der Waals surface area contributed by atoms with Crippen molar-refractivity contribution < 1.29 is 21.2 Å². The van der Waals surface area contributed by atoms with Crippen molar-refractivity contribution in [3.05, 3.63) is 17.7 Å². The van der Waals surface area contributed by atoms with E-state index in [4.69, 9.17) is 16.6 Å². The lowest BCUT2D eigenvalue weighted by atomic mass is 9.94. The molecule has 3 atom stereocenters. The number of benzene rings is 1. The number of nitrogens with zero attached hydrogens (tertiary/aromatic N) is 4. The van der Waals surface area contributed by atoms with Crippen molar-refractivity contribution in [2.75, 3.05) is 37.7 Å². The molecule has 1 fully saturated rings. The number of primary sulfonamides is 1. The summed E-state index contributed by atoms with van der Waals surface area (Å²) >= 11 is 0. The number of alkyl halides is 1. The second-order valence-corrected chi connectivity index (χ2v) is 10.9. The maximum Gasteiger partial charge on any atom is 0.242 e. The van der Waals surface area contributed by atoms with Crippen LogP contribution in [0.3, 0.4) is 0 Å². The Morgan fingerprint density at radius 1 is 1.28 bits per heavy atom. The van der Waals surface area contributed by atoms with Gasteiger partial charge in [-0.05, 0) is 32.0 Å². The second-order valence-electron chi connectivity index (χ2n) is 7.70. The lowest BCUT2D eigenvalue weighted by Crippen LogP contribution is -2.45. The van der Waals surface area contributed by atoms with Gasteiger partial charge in [-0.3, -0.25) is 0 Å². The molecule has 1 saturated heterocycles. The first-order valence-electron chi connectivity index (χ1n) is 9.93. The number of nitrogens with two attached hydrogens (primary N) is 3. The van der Waals surface area contributed by atoms with Crippen molar-refractivity contribution in [1.29, 1.82) is 0 Å². The molecule has 0 bridgehead atoms. The van der Waals surface area contributed by atoms with E-state index in [1.807, 2.05) is 0 Å². The molecule has 1 aromatic carbocycles. The van der Waals surface area contributed by atoms with Crippen LogP contribution < -0.4 is 26.2 Å². The summed E-state index contributed by atoms with van der Waals surface area (Å²) in [5.41, 5.74) is 11.2. The molecule has 1 aromatic rings. The third kappa shape index (κ3) is 4.97. The van der Waals surface area contributed by atoms with E-state index in [1.54, 1.807) is 4.90 Å². The number of aliphatic imine (C=N–C) groups is 1. The van der Waals surface area contributed by atoms with Crippen LogP contribution in [0.5, 0.6) is 0 Å². The third-order valence-corrected chi connectivity index (χ3v) is 8.13. The van der Waals surface area contributed by atoms with E-state index >= 15 is 0 Å². The standard InChI is InChI=1S/C17H27FN8O4S2/c1-10(6-19)25-32(29,30)14-3-2-13(26-5-4-11(7-20)12(18)8-26)15(16(14)31(21,27)28)17-22-9-23-24-17/h2-3,10-12,25H,4-9,19-20H2,1H3,(H2,21,27,28)/t10-,11+,12+/m1/s1. The molecule has 0 aromatic heterocycles. The minimum atomic E-state index is -4.59. The lowest BCUT2D eigenvalue weighted by Gasteiger charge is -2.37. The monoisotopic (exact) mass is 490 g/mol. The maximum absolute atomic E-state index is 14.6. The van der Waals surface area contributed by atoms with Crippen LogP contribution in [0, 0.1) is 5.92 Å². The number of nitrogens with one attached hydrogen (secondary N) is 1. The first-order chi connectivity index (χ1) is 15.0. The number of sulfonamides is 2. The number of amidine groups is 1. The largest absolute Gasteiger partial charge is 0.368 e. The number of anilines is 1. The van der Waals surface area contributed by atoms with Crippen molar-refractivity contribution in [1.82, 2.24) is 4.72 Å². The zero-order chi connectivity index (χ0) is 23.7. The summed E-state index contributed by atoms with van der Waals surface area (Å²) in [6.45, 7) is 1.97. The molecule has 2 heterocycles. The zero-order valence-corrected chi connectivity index (χ0v) is 19.1. The number of halogens is 1. The first-order valence-corrected chi connectivity index (χ1v) is 13.0. The fourth-order valence-electron chi connectivity index (χ4n) is 3.70. The SMILES string of the molecule is C[C@H](CN)NS(=O)(=O)c1ccc(N2CC[C@@H](CN)[C@@H](F)C2)c(C2=NCN=N2)c1S(N)(=O)=O. The van der Waals surface area contributed by atoms with Crippen molar-refractivity contribution in [2.24, 2.45) is 37.7 Å². The Balaban J connectivity index is 2.24. The molecule has 0 amide bonds. The average Bonchev–Trinajstić information content (AvgIpc) is 3.26. The highest BCUT2D eigenvalue weighted by Crippen LogP contribution is 2.36. The molecule has 0 unspecified atom stereocenters. The Hall–Kier alpha value is -2.04.